The summed E-state index contributed by atoms with van der Waals surface area (Å²) in [6, 6.07) is 11.2. The summed E-state index contributed by atoms with van der Waals surface area (Å²) in [6.45, 7) is 7.36. The highest BCUT2D eigenvalue weighted by Crippen LogP contribution is 2.24. The first-order chi connectivity index (χ1) is 10.1. The van der Waals surface area contributed by atoms with E-state index in [9.17, 15) is 0 Å². The van der Waals surface area contributed by atoms with Crippen LogP contribution in [0.2, 0.25) is 0 Å². The number of nitrogens with zero attached hydrogens (tertiary/aromatic N) is 1. The minimum atomic E-state index is 0.298. The Balaban J connectivity index is 2.19. The summed E-state index contributed by atoms with van der Waals surface area (Å²) in [5.41, 5.74) is 4.99. The standard InChI is InChI=1S/C18H23BrN2/c1-4-14-7-9-16(21-12-14)11-18(20-5-2)15-8-6-13(3)17(19)10-15/h6-10,12,18,20H,4-5,11H2,1-3H3. The molecule has 0 saturated heterocycles. The first-order valence-electron chi connectivity index (χ1n) is 7.57. The van der Waals surface area contributed by atoms with Crippen molar-refractivity contribution in [3.63, 3.8) is 0 Å². The molecule has 0 saturated carbocycles. The summed E-state index contributed by atoms with van der Waals surface area (Å²) >= 11 is 3.63. The van der Waals surface area contributed by atoms with Crippen LogP contribution in [0.4, 0.5) is 0 Å². The lowest BCUT2D eigenvalue weighted by atomic mass is 10.00. The number of pyridine rings is 1. The van der Waals surface area contributed by atoms with E-state index >= 15 is 0 Å². The largest absolute Gasteiger partial charge is 0.310 e. The third kappa shape index (κ3) is 4.39. The number of aromatic nitrogens is 1. The van der Waals surface area contributed by atoms with Crippen LogP contribution >= 0.6 is 15.9 Å². The highest BCUT2D eigenvalue weighted by atomic mass is 79.9. The summed E-state index contributed by atoms with van der Waals surface area (Å²) in [6.07, 6.45) is 3.94. The number of rotatable bonds is 6. The second-order valence-electron chi connectivity index (χ2n) is 5.33. The van der Waals surface area contributed by atoms with Crippen LogP contribution in [0.5, 0.6) is 0 Å². The fourth-order valence-corrected chi connectivity index (χ4v) is 2.77. The lowest BCUT2D eigenvalue weighted by Gasteiger charge is -2.19. The van der Waals surface area contributed by atoms with Crippen molar-refractivity contribution in [3.05, 3.63) is 63.4 Å². The molecular weight excluding hydrogens is 324 g/mol. The molecule has 2 rings (SSSR count). The Bertz CT molecular complexity index is 578. The van der Waals surface area contributed by atoms with Gasteiger partial charge in [0.05, 0.1) is 0 Å². The molecule has 112 valence electrons. The number of aryl methyl sites for hydroxylation is 2. The topological polar surface area (TPSA) is 24.9 Å². The Labute approximate surface area is 136 Å². The SMILES string of the molecule is CCNC(Cc1ccc(CC)cn1)c1ccc(C)c(Br)c1. The van der Waals surface area contributed by atoms with Crippen molar-refractivity contribution in [3.8, 4) is 0 Å². The van der Waals surface area contributed by atoms with Gasteiger partial charge in [0.1, 0.15) is 0 Å². The van der Waals surface area contributed by atoms with Crippen LogP contribution in [0, 0.1) is 6.92 Å². The van der Waals surface area contributed by atoms with Gasteiger partial charge in [0.25, 0.3) is 0 Å². The van der Waals surface area contributed by atoms with Gasteiger partial charge in [-0.1, -0.05) is 48.0 Å². The molecule has 0 amide bonds. The Kier molecular flexibility index (Phi) is 5.95. The molecule has 0 fully saturated rings. The van der Waals surface area contributed by atoms with Gasteiger partial charge in [-0.2, -0.15) is 0 Å². The Hall–Kier alpha value is -1.19. The van der Waals surface area contributed by atoms with Gasteiger partial charge in [0.15, 0.2) is 0 Å². The maximum absolute atomic E-state index is 4.59. The predicted molar refractivity (Wildman–Crippen MR) is 92.6 cm³/mol. The van der Waals surface area contributed by atoms with E-state index in [0.717, 1.165) is 29.6 Å². The average molecular weight is 347 g/mol. The second-order valence-corrected chi connectivity index (χ2v) is 6.19. The van der Waals surface area contributed by atoms with E-state index in [-0.39, 0.29) is 0 Å². The molecule has 1 heterocycles. The van der Waals surface area contributed by atoms with Crippen LogP contribution < -0.4 is 5.32 Å². The zero-order chi connectivity index (χ0) is 15.2. The summed E-state index contributed by atoms with van der Waals surface area (Å²) in [4.78, 5) is 4.59. The Morgan fingerprint density at radius 3 is 2.57 bits per heavy atom. The molecule has 1 aromatic carbocycles. The number of halogens is 1. The van der Waals surface area contributed by atoms with Crippen molar-refractivity contribution in [2.24, 2.45) is 0 Å². The number of nitrogens with one attached hydrogen (secondary N) is 1. The molecule has 3 heteroatoms. The summed E-state index contributed by atoms with van der Waals surface area (Å²) in [5, 5.41) is 3.56. The van der Waals surface area contributed by atoms with E-state index in [0.29, 0.717) is 6.04 Å². The van der Waals surface area contributed by atoms with Gasteiger partial charge in [-0.3, -0.25) is 4.98 Å². The molecular formula is C18H23BrN2. The quantitative estimate of drug-likeness (QED) is 0.826. The van der Waals surface area contributed by atoms with E-state index in [2.05, 4.69) is 77.3 Å². The molecule has 1 atom stereocenters. The molecule has 2 aromatic rings. The third-order valence-electron chi connectivity index (χ3n) is 3.76. The number of hydrogen-bond acceptors (Lipinski definition) is 2. The summed E-state index contributed by atoms with van der Waals surface area (Å²) in [7, 11) is 0. The van der Waals surface area contributed by atoms with Gasteiger partial charge in [-0.05, 0) is 48.7 Å². The third-order valence-corrected chi connectivity index (χ3v) is 4.61. The van der Waals surface area contributed by atoms with Crippen LogP contribution in [-0.2, 0) is 12.8 Å². The highest BCUT2D eigenvalue weighted by Gasteiger charge is 2.13. The molecule has 0 bridgehead atoms. The number of benzene rings is 1. The fourth-order valence-electron chi connectivity index (χ4n) is 2.37. The lowest BCUT2D eigenvalue weighted by molar-refractivity contribution is 0.543. The summed E-state index contributed by atoms with van der Waals surface area (Å²) < 4.78 is 1.16. The molecule has 1 aromatic heterocycles. The Morgan fingerprint density at radius 2 is 2.00 bits per heavy atom. The van der Waals surface area contributed by atoms with Gasteiger partial charge < -0.3 is 5.32 Å². The molecule has 0 radical (unpaired) electrons. The van der Waals surface area contributed by atoms with Crippen LogP contribution in [0.3, 0.4) is 0 Å². The minimum Gasteiger partial charge on any atom is -0.310 e. The first kappa shape index (κ1) is 16.2. The number of hydrogen-bond donors (Lipinski definition) is 1. The van der Waals surface area contributed by atoms with Crippen LogP contribution in [-0.4, -0.2) is 11.5 Å². The Morgan fingerprint density at radius 1 is 1.19 bits per heavy atom. The zero-order valence-corrected chi connectivity index (χ0v) is 14.6. The van der Waals surface area contributed by atoms with E-state index in [4.69, 9.17) is 0 Å². The average Bonchev–Trinajstić information content (AvgIpc) is 2.50. The maximum atomic E-state index is 4.59. The zero-order valence-electron chi connectivity index (χ0n) is 13.0. The van der Waals surface area contributed by atoms with Crippen molar-refractivity contribution in [1.29, 1.82) is 0 Å². The maximum Gasteiger partial charge on any atom is 0.0422 e. The van der Waals surface area contributed by atoms with Crippen molar-refractivity contribution >= 4 is 15.9 Å². The van der Waals surface area contributed by atoms with Crippen LogP contribution in [0.25, 0.3) is 0 Å². The smallest absolute Gasteiger partial charge is 0.0422 e. The molecule has 0 aliphatic rings. The monoisotopic (exact) mass is 346 g/mol. The molecule has 0 aliphatic carbocycles. The summed E-state index contributed by atoms with van der Waals surface area (Å²) in [5.74, 6) is 0. The number of likely N-dealkylation sites (N-methyl/N-ethyl adjacent to an activating group) is 1. The molecule has 2 nitrogen and oxygen atoms in total. The van der Waals surface area contributed by atoms with Crippen molar-refractivity contribution < 1.29 is 0 Å². The molecule has 0 spiro atoms. The van der Waals surface area contributed by atoms with Gasteiger partial charge in [0.2, 0.25) is 0 Å². The van der Waals surface area contributed by atoms with Crippen molar-refractivity contribution in [2.75, 3.05) is 6.54 Å². The molecule has 1 N–H and O–H groups in total. The van der Waals surface area contributed by atoms with E-state index in [1.54, 1.807) is 0 Å². The first-order valence-corrected chi connectivity index (χ1v) is 8.36. The van der Waals surface area contributed by atoms with Crippen molar-refractivity contribution in [1.82, 2.24) is 10.3 Å². The van der Waals surface area contributed by atoms with Gasteiger partial charge in [-0.15, -0.1) is 0 Å². The fraction of sp³-hybridized carbons (Fsp3) is 0.389. The van der Waals surface area contributed by atoms with Crippen LogP contribution in [0.1, 0.15) is 42.3 Å². The normalized spacial score (nSPS) is 12.4. The predicted octanol–water partition coefficient (Wildman–Crippen LogP) is 4.61. The van der Waals surface area contributed by atoms with E-state index in [1.165, 1.54) is 16.7 Å². The molecule has 21 heavy (non-hydrogen) atoms. The van der Waals surface area contributed by atoms with Gasteiger partial charge in [0, 0.05) is 28.8 Å². The minimum absolute atomic E-state index is 0.298. The van der Waals surface area contributed by atoms with Crippen LogP contribution in [0.15, 0.2) is 41.0 Å². The second kappa shape index (κ2) is 7.71. The van der Waals surface area contributed by atoms with Gasteiger partial charge >= 0.3 is 0 Å². The van der Waals surface area contributed by atoms with Gasteiger partial charge in [-0.25, -0.2) is 0 Å². The van der Waals surface area contributed by atoms with Crippen molar-refractivity contribution in [2.45, 2.75) is 39.7 Å². The molecule has 0 aliphatic heterocycles. The van der Waals surface area contributed by atoms with E-state index < -0.39 is 0 Å². The van der Waals surface area contributed by atoms with E-state index in [1.807, 2.05) is 6.20 Å². The highest BCUT2D eigenvalue weighted by molar-refractivity contribution is 9.10. The molecule has 1 unspecified atom stereocenters. The lowest BCUT2D eigenvalue weighted by Crippen LogP contribution is -2.23.